The molecule has 1 unspecified atom stereocenters. The van der Waals surface area contributed by atoms with Crippen molar-refractivity contribution in [2.75, 3.05) is 23.9 Å². The summed E-state index contributed by atoms with van der Waals surface area (Å²) in [7, 11) is 1.43. The van der Waals surface area contributed by atoms with E-state index in [4.69, 9.17) is 16.3 Å². The highest BCUT2D eigenvalue weighted by Crippen LogP contribution is 2.33. The maximum absolute atomic E-state index is 12.1. The minimum atomic E-state index is -0.650. The van der Waals surface area contributed by atoms with Gasteiger partial charge in [-0.25, -0.2) is 4.79 Å². The van der Waals surface area contributed by atoms with Gasteiger partial charge in [-0.3, -0.25) is 0 Å². The fourth-order valence-corrected chi connectivity index (χ4v) is 3.48. The van der Waals surface area contributed by atoms with Gasteiger partial charge in [0.25, 0.3) is 0 Å². The van der Waals surface area contributed by atoms with Crippen LogP contribution >= 0.6 is 23.4 Å². The number of hydrogen-bond acceptors (Lipinski definition) is 4. The van der Waals surface area contributed by atoms with Gasteiger partial charge in [-0.2, -0.15) is 11.8 Å². The van der Waals surface area contributed by atoms with Crippen molar-refractivity contribution in [3.63, 3.8) is 0 Å². The summed E-state index contributed by atoms with van der Waals surface area (Å²) in [4.78, 5) is 12.1. The third-order valence-electron chi connectivity index (χ3n) is 3.06. The molecule has 1 aliphatic rings. The molecule has 1 heterocycles. The van der Waals surface area contributed by atoms with Crippen LogP contribution in [0.3, 0.4) is 0 Å². The monoisotopic (exact) mass is 285 g/mol. The molecule has 2 rings (SSSR count). The molecular formula is C13H16ClNO2S. The second kappa shape index (κ2) is 5.85. The second-order valence-corrected chi connectivity index (χ2v) is 5.85. The Labute approximate surface area is 116 Å². The first-order chi connectivity index (χ1) is 8.68. The molecule has 98 valence electrons. The van der Waals surface area contributed by atoms with Crippen LogP contribution in [0.1, 0.15) is 12.8 Å². The number of rotatable bonds is 3. The van der Waals surface area contributed by atoms with E-state index in [0.29, 0.717) is 10.8 Å². The van der Waals surface area contributed by atoms with E-state index in [1.54, 1.807) is 11.8 Å². The number of thioether (sulfide) groups is 1. The standard InChI is InChI=1S/C13H16ClNO2S/c1-17-12(16)13(7-4-8-18-9-13)15-11-6-3-2-5-10(11)14/h2-3,5-6,15H,4,7-9H2,1H3. The lowest BCUT2D eigenvalue weighted by atomic mass is 9.95. The predicted octanol–water partition coefficient (Wildman–Crippen LogP) is 3.19. The van der Waals surface area contributed by atoms with Gasteiger partial charge in [-0.15, -0.1) is 0 Å². The molecule has 0 amide bonds. The molecule has 1 aliphatic heterocycles. The van der Waals surface area contributed by atoms with Crippen LogP contribution in [0.2, 0.25) is 5.02 Å². The molecule has 0 radical (unpaired) electrons. The molecule has 1 aromatic carbocycles. The Balaban J connectivity index is 2.25. The molecule has 1 N–H and O–H groups in total. The number of methoxy groups -OCH3 is 1. The number of anilines is 1. The van der Waals surface area contributed by atoms with Crippen molar-refractivity contribution in [3.05, 3.63) is 29.3 Å². The summed E-state index contributed by atoms with van der Waals surface area (Å²) in [6.45, 7) is 0. The minimum absolute atomic E-state index is 0.213. The fourth-order valence-electron chi connectivity index (χ4n) is 2.12. The highest BCUT2D eigenvalue weighted by atomic mass is 35.5. The molecule has 5 heteroatoms. The number of nitrogens with one attached hydrogen (secondary N) is 1. The lowest BCUT2D eigenvalue weighted by Gasteiger charge is -2.35. The number of halogens is 1. The third kappa shape index (κ3) is 2.75. The number of para-hydroxylation sites is 1. The van der Waals surface area contributed by atoms with E-state index >= 15 is 0 Å². The molecule has 0 saturated carbocycles. The average molecular weight is 286 g/mol. The Morgan fingerprint density at radius 1 is 1.50 bits per heavy atom. The maximum Gasteiger partial charge on any atom is 0.332 e. The number of benzene rings is 1. The SMILES string of the molecule is COC(=O)C1(Nc2ccccc2Cl)CCCSC1. The largest absolute Gasteiger partial charge is 0.467 e. The molecule has 3 nitrogen and oxygen atoms in total. The highest BCUT2D eigenvalue weighted by Gasteiger charge is 2.41. The molecule has 0 aromatic heterocycles. The number of ether oxygens (including phenoxy) is 1. The van der Waals surface area contributed by atoms with Crippen molar-refractivity contribution in [2.24, 2.45) is 0 Å². The Kier molecular flexibility index (Phi) is 4.40. The van der Waals surface area contributed by atoms with Gasteiger partial charge in [0.1, 0.15) is 5.54 Å². The summed E-state index contributed by atoms with van der Waals surface area (Å²) >= 11 is 7.90. The van der Waals surface area contributed by atoms with E-state index in [1.807, 2.05) is 24.3 Å². The topological polar surface area (TPSA) is 38.3 Å². The quantitative estimate of drug-likeness (QED) is 0.866. The zero-order valence-electron chi connectivity index (χ0n) is 10.2. The summed E-state index contributed by atoms with van der Waals surface area (Å²) in [5, 5.41) is 3.91. The van der Waals surface area contributed by atoms with Gasteiger partial charge >= 0.3 is 5.97 Å². The van der Waals surface area contributed by atoms with Crippen LogP contribution in [0.5, 0.6) is 0 Å². The van der Waals surface area contributed by atoms with Gasteiger partial charge in [0.2, 0.25) is 0 Å². The minimum Gasteiger partial charge on any atom is -0.467 e. The van der Waals surface area contributed by atoms with E-state index in [2.05, 4.69) is 5.32 Å². The smallest absolute Gasteiger partial charge is 0.332 e. The van der Waals surface area contributed by atoms with Crippen LogP contribution in [-0.4, -0.2) is 30.1 Å². The zero-order valence-corrected chi connectivity index (χ0v) is 11.8. The van der Waals surface area contributed by atoms with Crippen LogP contribution in [0.4, 0.5) is 5.69 Å². The van der Waals surface area contributed by atoms with Gasteiger partial charge in [0, 0.05) is 5.75 Å². The summed E-state index contributed by atoms with van der Waals surface area (Å²) in [5.41, 5.74) is 0.134. The van der Waals surface area contributed by atoms with Gasteiger partial charge in [0.05, 0.1) is 17.8 Å². The summed E-state index contributed by atoms with van der Waals surface area (Å²) in [6, 6.07) is 7.46. The molecule has 1 aromatic rings. The van der Waals surface area contributed by atoms with Crippen molar-refractivity contribution in [3.8, 4) is 0 Å². The first-order valence-electron chi connectivity index (χ1n) is 5.87. The average Bonchev–Trinajstić information content (AvgIpc) is 2.41. The lowest BCUT2D eigenvalue weighted by Crippen LogP contribution is -2.51. The fraction of sp³-hybridized carbons (Fsp3) is 0.462. The van der Waals surface area contributed by atoms with Crippen LogP contribution in [0.15, 0.2) is 24.3 Å². The van der Waals surface area contributed by atoms with Crippen LogP contribution in [-0.2, 0) is 9.53 Å². The van der Waals surface area contributed by atoms with Crippen molar-refractivity contribution < 1.29 is 9.53 Å². The van der Waals surface area contributed by atoms with Crippen LogP contribution in [0.25, 0.3) is 0 Å². The predicted molar refractivity (Wildman–Crippen MR) is 76.4 cm³/mol. The van der Waals surface area contributed by atoms with Gasteiger partial charge in [0.15, 0.2) is 0 Å². The zero-order chi connectivity index (χ0) is 13.0. The van der Waals surface area contributed by atoms with E-state index in [0.717, 1.165) is 24.3 Å². The molecule has 18 heavy (non-hydrogen) atoms. The van der Waals surface area contributed by atoms with Crippen molar-refractivity contribution >= 4 is 35.0 Å². The van der Waals surface area contributed by atoms with Crippen molar-refractivity contribution in [1.82, 2.24) is 0 Å². The van der Waals surface area contributed by atoms with Crippen molar-refractivity contribution in [2.45, 2.75) is 18.4 Å². The highest BCUT2D eigenvalue weighted by molar-refractivity contribution is 7.99. The Hall–Kier alpha value is -0.870. The number of carbonyl (C=O) groups excluding carboxylic acids is 1. The molecular weight excluding hydrogens is 270 g/mol. The second-order valence-electron chi connectivity index (χ2n) is 4.33. The summed E-state index contributed by atoms with van der Waals surface area (Å²) in [6.07, 6.45) is 1.77. The van der Waals surface area contributed by atoms with E-state index in [9.17, 15) is 4.79 Å². The lowest BCUT2D eigenvalue weighted by molar-refractivity contribution is -0.145. The Morgan fingerprint density at radius 2 is 2.28 bits per heavy atom. The number of hydrogen-bond donors (Lipinski definition) is 1. The molecule has 0 spiro atoms. The van der Waals surface area contributed by atoms with Crippen molar-refractivity contribution in [1.29, 1.82) is 0 Å². The van der Waals surface area contributed by atoms with E-state index in [-0.39, 0.29) is 5.97 Å². The summed E-state index contributed by atoms with van der Waals surface area (Å²) in [5.74, 6) is 1.59. The molecule has 1 atom stereocenters. The van der Waals surface area contributed by atoms with Gasteiger partial charge in [-0.1, -0.05) is 23.7 Å². The third-order valence-corrected chi connectivity index (χ3v) is 4.67. The number of carbonyl (C=O) groups is 1. The molecule has 0 bridgehead atoms. The van der Waals surface area contributed by atoms with Crippen LogP contribution < -0.4 is 5.32 Å². The molecule has 1 saturated heterocycles. The summed E-state index contributed by atoms with van der Waals surface area (Å²) < 4.78 is 4.95. The Bertz CT molecular complexity index is 433. The molecule has 1 fully saturated rings. The van der Waals surface area contributed by atoms with Gasteiger partial charge < -0.3 is 10.1 Å². The normalized spacial score (nSPS) is 23.4. The van der Waals surface area contributed by atoms with E-state index < -0.39 is 5.54 Å². The first-order valence-corrected chi connectivity index (χ1v) is 7.40. The molecule has 0 aliphatic carbocycles. The Morgan fingerprint density at radius 3 is 2.89 bits per heavy atom. The van der Waals surface area contributed by atoms with Gasteiger partial charge in [-0.05, 0) is 30.7 Å². The maximum atomic E-state index is 12.1. The first kappa shape index (κ1) is 13.6. The number of esters is 1. The van der Waals surface area contributed by atoms with Crippen LogP contribution in [0, 0.1) is 0 Å². The van der Waals surface area contributed by atoms with E-state index in [1.165, 1.54) is 7.11 Å².